The molecular weight excluding hydrogens is 274 g/mol. The Hall–Kier alpha value is -1.89. The molecule has 1 atom stereocenters. The number of nitrogens with zero attached hydrogens (tertiary/aromatic N) is 2. The summed E-state index contributed by atoms with van der Waals surface area (Å²) in [7, 11) is 0. The molecule has 2 heterocycles. The fourth-order valence-electron chi connectivity index (χ4n) is 2.99. The van der Waals surface area contributed by atoms with Crippen LogP contribution in [0.15, 0.2) is 10.6 Å². The molecule has 1 amide bonds. The van der Waals surface area contributed by atoms with E-state index in [9.17, 15) is 14.7 Å². The average Bonchev–Trinajstić information content (AvgIpc) is 2.98. The predicted octanol–water partition coefficient (Wildman–Crippen LogP) is 1.64. The molecule has 1 aromatic rings. The maximum atomic E-state index is 12.1. The SMILES string of the molecule is CCCC1(C(=O)O)CCCN1CC(=O)Nc1cc(C)on1. The van der Waals surface area contributed by atoms with Crippen molar-refractivity contribution in [2.75, 3.05) is 18.4 Å². The first kappa shape index (κ1) is 15.5. The summed E-state index contributed by atoms with van der Waals surface area (Å²) in [5.74, 6) is -0.149. The molecule has 7 nitrogen and oxygen atoms in total. The minimum Gasteiger partial charge on any atom is -0.480 e. The van der Waals surface area contributed by atoms with Gasteiger partial charge in [-0.3, -0.25) is 14.5 Å². The molecule has 1 unspecified atom stereocenters. The number of rotatable bonds is 6. The van der Waals surface area contributed by atoms with Gasteiger partial charge in [0.15, 0.2) is 5.82 Å². The van der Waals surface area contributed by atoms with Gasteiger partial charge in [-0.05, 0) is 32.7 Å². The summed E-state index contributed by atoms with van der Waals surface area (Å²) in [6.45, 7) is 4.37. The van der Waals surface area contributed by atoms with Crippen molar-refractivity contribution in [3.05, 3.63) is 11.8 Å². The molecule has 21 heavy (non-hydrogen) atoms. The van der Waals surface area contributed by atoms with Crippen LogP contribution in [-0.2, 0) is 9.59 Å². The minimum atomic E-state index is -0.911. The highest BCUT2D eigenvalue weighted by Crippen LogP contribution is 2.33. The number of likely N-dealkylation sites (tertiary alicyclic amines) is 1. The summed E-state index contributed by atoms with van der Waals surface area (Å²) in [4.78, 5) is 25.5. The Bertz CT molecular complexity index is 528. The van der Waals surface area contributed by atoms with Gasteiger partial charge in [-0.1, -0.05) is 18.5 Å². The minimum absolute atomic E-state index is 0.0538. The first-order valence-corrected chi connectivity index (χ1v) is 7.19. The number of nitrogens with one attached hydrogen (secondary N) is 1. The van der Waals surface area contributed by atoms with Crippen molar-refractivity contribution in [2.45, 2.75) is 45.1 Å². The lowest BCUT2D eigenvalue weighted by molar-refractivity contribution is -0.150. The van der Waals surface area contributed by atoms with Crippen molar-refractivity contribution >= 4 is 17.7 Å². The lowest BCUT2D eigenvalue weighted by Crippen LogP contribution is -2.52. The summed E-state index contributed by atoms with van der Waals surface area (Å²) in [6, 6.07) is 1.62. The summed E-state index contributed by atoms with van der Waals surface area (Å²) in [5.41, 5.74) is -0.911. The van der Waals surface area contributed by atoms with Crippen molar-refractivity contribution in [1.29, 1.82) is 0 Å². The smallest absolute Gasteiger partial charge is 0.324 e. The normalized spacial score (nSPS) is 22.4. The van der Waals surface area contributed by atoms with E-state index in [2.05, 4.69) is 10.5 Å². The van der Waals surface area contributed by atoms with E-state index in [1.807, 2.05) is 6.92 Å². The van der Waals surface area contributed by atoms with E-state index in [4.69, 9.17) is 4.52 Å². The zero-order chi connectivity index (χ0) is 15.5. The van der Waals surface area contributed by atoms with E-state index in [1.54, 1.807) is 17.9 Å². The molecule has 0 saturated carbocycles. The van der Waals surface area contributed by atoms with Crippen molar-refractivity contribution in [3.63, 3.8) is 0 Å². The third-order valence-electron chi connectivity index (χ3n) is 3.92. The van der Waals surface area contributed by atoms with Crippen molar-refractivity contribution in [1.82, 2.24) is 10.1 Å². The molecule has 1 aliphatic heterocycles. The van der Waals surface area contributed by atoms with Crippen LogP contribution in [0.1, 0.15) is 38.4 Å². The van der Waals surface area contributed by atoms with E-state index in [0.717, 1.165) is 12.8 Å². The van der Waals surface area contributed by atoms with E-state index < -0.39 is 11.5 Å². The number of carbonyl (C=O) groups is 2. The van der Waals surface area contributed by atoms with Crippen LogP contribution in [0.3, 0.4) is 0 Å². The third-order valence-corrected chi connectivity index (χ3v) is 3.92. The third kappa shape index (κ3) is 3.24. The van der Waals surface area contributed by atoms with E-state index in [0.29, 0.717) is 31.0 Å². The van der Waals surface area contributed by atoms with Gasteiger partial charge in [-0.25, -0.2) is 0 Å². The van der Waals surface area contributed by atoms with Gasteiger partial charge in [0.25, 0.3) is 0 Å². The Labute approximate surface area is 123 Å². The average molecular weight is 295 g/mol. The summed E-state index contributed by atoms with van der Waals surface area (Å²) in [6.07, 6.45) is 2.71. The number of carboxylic acid groups (broad SMARTS) is 1. The molecular formula is C14H21N3O4. The number of aryl methyl sites for hydroxylation is 1. The topological polar surface area (TPSA) is 95.7 Å². The van der Waals surface area contributed by atoms with Gasteiger partial charge in [-0.15, -0.1) is 0 Å². The molecule has 0 bridgehead atoms. The number of aliphatic carboxylic acids is 1. The molecule has 1 saturated heterocycles. The number of hydrogen-bond donors (Lipinski definition) is 2. The number of anilines is 1. The van der Waals surface area contributed by atoms with Crippen LogP contribution in [0.25, 0.3) is 0 Å². The predicted molar refractivity (Wildman–Crippen MR) is 76.0 cm³/mol. The molecule has 0 aliphatic carbocycles. The van der Waals surface area contributed by atoms with Crippen LogP contribution in [0.5, 0.6) is 0 Å². The van der Waals surface area contributed by atoms with E-state index in [1.165, 1.54) is 0 Å². The number of aromatic nitrogens is 1. The molecule has 1 aromatic heterocycles. The maximum Gasteiger partial charge on any atom is 0.324 e. The number of amides is 1. The van der Waals surface area contributed by atoms with Crippen LogP contribution in [0.4, 0.5) is 5.82 Å². The molecule has 1 fully saturated rings. The number of carboxylic acids is 1. The van der Waals surface area contributed by atoms with Gasteiger partial charge in [0.05, 0.1) is 6.54 Å². The second kappa shape index (κ2) is 6.26. The quantitative estimate of drug-likeness (QED) is 0.828. The van der Waals surface area contributed by atoms with E-state index in [-0.39, 0.29) is 12.5 Å². The Kier molecular flexibility index (Phi) is 4.62. The van der Waals surface area contributed by atoms with Gasteiger partial charge in [-0.2, -0.15) is 0 Å². The van der Waals surface area contributed by atoms with Crippen LogP contribution in [0.2, 0.25) is 0 Å². The van der Waals surface area contributed by atoms with E-state index >= 15 is 0 Å². The summed E-state index contributed by atoms with van der Waals surface area (Å²) >= 11 is 0. The molecule has 7 heteroatoms. The molecule has 1 aliphatic rings. The zero-order valence-electron chi connectivity index (χ0n) is 12.4. The van der Waals surface area contributed by atoms with Gasteiger partial charge in [0.2, 0.25) is 5.91 Å². The highest BCUT2D eigenvalue weighted by molar-refractivity contribution is 5.92. The lowest BCUT2D eigenvalue weighted by atomic mass is 9.90. The fraction of sp³-hybridized carbons (Fsp3) is 0.643. The first-order chi connectivity index (χ1) is 9.98. The standard InChI is InChI=1S/C14H21N3O4/c1-3-5-14(13(19)20)6-4-7-17(14)9-12(18)15-11-8-10(2)21-16-11/h8H,3-7,9H2,1-2H3,(H,19,20)(H,15,16,18). The Balaban J connectivity index is 2.03. The lowest BCUT2D eigenvalue weighted by Gasteiger charge is -2.34. The summed E-state index contributed by atoms with van der Waals surface area (Å²) < 4.78 is 4.88. The van der Waals surface area contributed by atoms with Crippen molar-refractivity contribution < 1.29 is 19.2 Å². The Morgan fingerprint density at radius 2 is 2.33 bits per heavy atom. The van der Waals surface area contributed by atoms with Crippen molar-refractivity contribution in [2.24, 2.45) is 0 Å². The second-order valence-electron chi connectivity index (χ2n) is 5.48. The van der Waals surface area contributed by atoms with Crippen LogP contribution in [0, 0.1) is 6.92 Å². The molecule has 0 aromatic carbocycles. The second-order valence-corrected chi connectivity index (χ2v) is 5.48. The van der Waals surface area contributed by atoms with Gasteiger partial charge >= 0.3 is 5.97 Å². The molecule has 0 spiro atoms. The van der Waals surface area contributed by atoms with Crippen LogP contribution in [-0.4, -0.2) is 45.7 Å². The molecule has 2 N–H and O–H groups in total. The highest BCUT2D eigenvalue weighted by atomic mass is 16.5. The Morgan fingerprint density at radius 3 is 2.90 bits per heavy atom. The molecule has 0 radical (unpaired) electrons. The fourth-order valence-corrected chi connectivity index (χ4v) is 2.99. The molecule has 116 valence electrons. The van der Waals surface area contributed by atoms with Crippen LogP contribution >= 0.6 is 0 Å². The highest BCUT2D eigenvalue weighted by Gasteiger charge is 2.47. The van der Waals surface area contributed by atoms with Crippen molar-refractivity contribution in [3.8, 4) is 0 Å². The number of hydrogen-bond acceptors (Lipinski definition) is 5. The maximum absolute atomic E-state index is 12.1. The first-order valence-electron chi connectivity index (χ1n) is 7.19. The Morgan fingerprint density at radius 1 is 1.57 bits per heavy atom. The zero-order valence-corrected chi connectivity index (χ0v) is 12.4. The largest absolute Gasteiger partial charge is 0.480 e. The molecule has 2 rings (SSSR count). The van der Waals surface area contributed by atoms with Gasteiger partial charge in [0, 0.05) is 6.07 Å². The van der Waals surface area contributed by atoms with Gasteiger partial charge in [0.1, 0.15) is 11.3 Å². The number of carbonyl (C=O) groups excluding carboxylic acids is 1. The van der Waals surface area contributed by atoms with Crippen LogP contribution < -0.4 is 5.32 Å². The monoisotopic (exact) mass is 295 g/mol. The van der Waals surface area contributed by atoms with Gasteiger partial charge < -0.3 is 14.9 Å². The summed E-state index contributed by atoms with van der Waals surface area (Å²) in [5, 5.41) is 15.9.